The minimum atomic E-state index is -0.707. The Morgan fingerprint density at radius 3 is 2.58 bits per heavy atom. The fraction of sp³-hybridized carbons (Fsp3) is 0.929. The summed E-state index contributed by atoms with van der Waals surface area (Å²) >= 11 is 0. The molecule has 1 rings (SSSR count). The van der Waals surface area contributed by atoms with Gasteiger partial charge >= 0.3 is 0 Å². The molecule has 19 heavy (non-hydrogen) atoms. The first-order valence-electron chi connectivity index (χ1n) is 6.99. The van der Waals surface area contributed by atoms with Crippen molar-refractivity contribution >= 4 is 5.96 Å². The van der Waals surface area contributed by atoms with E-state index in [0.29, 0.717) is 25.1 Å². The first-order valence-corrected chi connectivity index (χ1v) is 6.99. The predicted octanol–water partition coefficient (Wildman–Crippen LogP) is 1.13. The van der Waals surface area contributed by atoms with Crippen LogP contribution in [-0.2, 0) is 4.74 Å². The molecule has 0 radical (unpaired) electrons. The maximum Gasteiger partial charge on any atom is 0.191 e. The van der Waals surface area contributed by atoms with E-state index in [-0.39, 0.29) is 5.41 Å². The average Bonchev–Trinajstić information content (AvgIpc) is 2.37. The number of hydrogen-bond donors (Lipinski definition) is 3. The molecule has 0 saturated heterocycles. The number of aliphatic hydroxyl groups is 1. The molecule has 1 aliphatic carbocycles. The lowest BCUT2D eigenvalue weighted by molar-refractivity contribution is -0.0923. The fourth-order valence-corrected chi connectivity index (χ4v) is 2.29. The van der Waals surface area contributed by atoms with Gasteiger partial charge in [-0.25, -0.2) is 0 Å². The average molecular weight is 271 g/mol. The zero-order chi connectivity index (χ0) is 14.7. The molecule has 112 valence electrons. The second-order valence-electron chi connectivity index (χ2n) is 6.25. The molecule has 3 atom stereocenters. The monoisotopic (exact) mass is 271 g/mol. The number of guanidine groups is 1. The van der Waals surface area contributed by atoms with Crippen LogP contribution in [0, 0.1) is 5.41 Å². The molecule has 0 aliphatic heterocycles. The van der Waals surface area contributed by atoms with Gasteiger partial charge in [-0.3, -0.25) is 4.99 Å². The summed E-state index contributed by atoms with van der Waals surface area (Å²) in [4.78, 5) is 4.21. The zero-order valence-corrected chi connectivity index (χ0v) is 13.1. The Balaban J connectivity index is 2.47. The van der Waals surface area contributed by atoms with Crippen LogP contribution in [0.15, 0.2) is 4.99 Å². The lowest BCUT2D eigenvalue weighted by Gasteiger charge is -2.51. The van der Waals surface area contributed by atoms with Crippen LogP contribution < -0.4 is 10.6 Å². The van der Waals surface area contributed by atoms with Crippen LogP contribution >= 0.6 is 0 Å². The molecule has 5 heteroatoms. The molecular weight excluding hydrogens is 242 g/mol. The van der Waals surface area contributed by atoms with Crippen molar-refractivity contribution in [3.8, 4) is 0 Å². The highest BCUT2D eigenvalue weighted by Crippen LogP contribution is 2.42. The van der Waals surface area contributed by atoms with Gasteiger partial charge in [0.2, 0.25) is 0 Å². The van der Waals surface area contributed by atoms with Crippen molar-refractivity contribution in [1.29, 1.82) is 0 Å². The van der Waals surface area contributed by atoms with Crippen LogP contribution in [0.1, 0.15) is 40.5 Å². The summed E-state index contributed by atoms with van der Waals surface area (Å²) in [5, 5.41) is 16.6. The fourth-order valence-electron chi connectivity index (χ4n) is 2.29. The van der Waals surface area contributed by atoms with Crippen molar-refractivity contribution in [3.05, 3.63) is 0 Å². The highest BCUT2D eigenvalue weighted by Gasteiger charge is 2.48. The smallest absolute Gasteiger partial charge is 0.191 e. The Morgan fingerprint density at radius 1 is 1.53 bits per heavy atom. The maximum absolute atomic E-state index is 9.99. The van der Waals surface area contributed by atoms with Crippen LogP contribution in [0.3, 0.4) is 0 Å². The van der Waals surface area contributed by atoms with Gasteiger partial charge in [0.1, 0.15) is 0 Å². The van der Waals surface area contributed by atoms with Crippen LogP contribution in [0.5, 0.6) is 0 Å². The zero-order valence-electron chi connectivity index (χ0n) is 13.1. The van der Waals surface area contributed by atoms with Crippen molar-refractivity contribution in [3.63, 3.8) is 0 Å². The Hall–Kier alpha value is -0.810. The number of hydrogen-bond acceptors (Lipinski definition) is 3. The molecule has 1 fully saturated rings. The van der Waals surface area contributed by atoms with Gasteiger partial charge in [0.05, 0.1) is 11.7 Å². The molecule has 0 amide bonds. The minimum Gasteiger partial charge on any atom is -0.388 e. The van der Waals surface area contributed by atoms with E-state index in [1.807, 2.05) is 13.8 Å². The maximum atomic E-state index is 9.99. The van der Waals surface area contributed by atoms with E-state index in [0.717, 1.165) is 12.4 Å². The van der Waals surface area contributed by atoms with E-state index < -0.39 is 5.60 Å². The van der Waals surface area contributed by atoms with E-state index >= 15 is 0 Å². The van der Waals surface area contributed by atoms with Crippen LogP contribution in [-0.4, -0.2) is 49.5 Å². The Labute approximate surface area is 116 Å². The number of methoxy groups -OCH3 is 1. The van der Waals surface area contributed by atoms with Crippen LogP contribution in [0.2, 0.25) is 0 Å². The third-order valence-electron chi connectivity index (χ3n) is 4.40. The van der Waals surface area contributed by atoms with Gasteiger partial charge in [-0.05, 0) is 19.8 Å². The summed E-state index contributed by atoms with van der Waals surface area (Å²) in [6, 6.07) is 0.343. The summed E-state index contributed by atoms with van der Waals surface area (Å²) < 4.78 is 5.44. The van der Waals surface area contributed by atoms with Gasteiger partial charge < -0.3 is 20.5 Å². The molecule has 0 heterocycles. The first-order chi connectivity index (χ1) is 8.76. The summed E-state index contributed by atoms with van der Waals surface area (Å²) in [6.45, 7) is 8.66. The summed E-state index contributed by atoms with van der Waals surface area (Å²) in [5.41, 5.74) is -0.610. The number of nitrogens with zero attached hydrogens (tertiary/aromatic N) is 1. The molecule has 5 nitrogen and oxygen atoms in total. The van der Waals surface area contributed by atoms with Crippen molar-refractivity contribution in [2.45, 2.75) is 58.3 Å². The van der Waals surface area contributed by atoms with Gasteiger partial charge in [-0.2, -0.15) is 0 Å². The molecule has 0 aromatic carbocycles. The SMILES string of the molecule is CCC(C)(O)CNC(=NC)NC1CC(OC)C1(C)C. The predicted molar refractivity (Wildman–Crippen MR) is 78.4 cm³/mol. The lowest BCUT2D eigenvalue weighted by atomic mass is 9.64. The highest BCUT2D eigenvalue weighted by atomic mass is 16.5. The highest BCUT2D eigenvalue weighted by molar-refractivity contribution is 5.80. The van der Waals surface area contributed by atoms with E-state index in [2.05, 4.69) is 29.5 Å². The number of rotatable bonds is 5. The number of aliphatic imine (C=N–C) groups is 1. The summed E-state index contributed by atoms with van der Waals surface area (Å²) in [6.07, 6.45) is 1.98. The van der Waals surface area contributed by atoms with Gasteiger partial charge in [-0.1, -0.05) is 20.8 Å². The molecule has 1 aliphatic rings. The first kappa shape index (κ1) is 16.2. The van der Waals surface area contributed by atoms with E-state index in [9.17, 15) is 5.11 Å². The Morgan fingerprint density at radius 2 is 2.16 bits per heavy atom. The Bertz CT molecular complexity index is 327. The number of ether oxygens (including phenoxy) is 1. The van der Waals surface area contributed by atoms with E-state index in [4.69, 9.17) is 4.74 Å². The molecule has 1 saturated carbocycles. The van der Waals surface area contributed by atoms with Crippen molar-refractivity contribution in [2.75, 3.05) is 20.7 Å². The van der Waals surface area contributed by atoms with Crippen molar-refractivity contribution < 1.29 is 9.84 Å². The van der Waals surface area contributed by atoms with Gasteiger partial charge in [0, 0.05) is 32.2 Å². The second kappa shape index (κ2) is 6.09. The molecule has 3 N–H and O–H groups in total. The van der Waals surface area contributed by atoms with E-state index in [1.54, 1.807) is 14.2 Å². The van der Waals surface area contributed by atoms with Crippen molar-refractivity contribution in [1.82, 2.24) is 10.6 Å². The lowest BCUT2D eigenvalue weighted by Crippen LogP contribution is -2.63. The summed E-state index contributed by atoms with van der Waals surface area (Å²) in [7, 11) is 3.50. The molecule has 0 spiro atoms. The largest absolute Gasteiger partial charge is 0.388 e. The summed E-state index contributed by atoms with van der Waals surface area (Å²) in [5.74, 6) is 0.737. The topological polar surface area (TPSA) is 65.9 Å². The van der Waals surface area contributed by atoms with E-state index in [1.165, 1.54) is 0 Å². The normalized spacial score (nSPS) is 29.3. The van der Waals surface area contributed by atoms with Gasteiger partial charge in [0.25, 0.3) is 0 Å². The second-order valence-corrected chi connectivity index (χ2v) is 6.25. The standard InChI is InChI=1S/C14H29N3O2/c1-7-14(4,18)9-16-12(15-5)17-10-8-11(19-6)13(10,2)3/h10-11,18H,7-9H2,1-6H3,(H2,15,16,17). The molecule has 0 bridgehead atoms. The van der Waals surface area contributed by atoms with Crippen LogP contribution in [0.4, 0.5) is 0 Å². The third-order valence-corrected chi connectivity index (χ3v) is 4.40. The van der Waals surface area contributed by atoms with Crippen LogP contribution in [0.25, 0.3) is 0 Å². The molecule has 0 aromatic heterocycles. The number of nitrogens with one attached hydrogen (secondary N) is 2. The molecule has 3 unspecified atom stereocenters. The Kier molecular flexibility index (Phi) is 5.21. The minimum absolute atomic E-state index is 0.0969. The van der Waals surface area contributed by atoms with Gasteiger partial charge in [0.15, 0.2) is 5.96 Å². The molecular formula is C14H29N3O2. The van der Waals surface area contributed by atoms with Crippen molar-refractivity contribution in [2.24, 2.45) is 10.4 Å². The quantitative estimate of drug-likeness (QED) is 0.518. The third kappa shape index (κ3) is 3.83. The van der Waals surface area contributed by atoms with Gasteiger partial charge in [-0.15, -0.1) is 0 Å². The molecule has 0 aromatic rings.